The van der Waals surface area contributed by atoms with Crippen molar-refractivity contribution >= 4 is 45.3 Å². The topological polar surface area (TPSA) is 68.8 Å². The number of ether oxygens (including phenoxy) is 3. The molecular weight excluding hydrogens is 408 g/mol. The molecule has 156 valence electrons. The average Bonchev–Trinajstić information content (AvgIpc) is 2.88. The Labute approximate surface area is 180 Å². The van der Waals surface area contributed by atoms with Gasteiger partial charge >= 0.3 is 5.97 Å². The van der Waals surface area contributed by atoms with Crippen molar-refractivity contribution in [1.82, 2.24) is 0 Å². The second kappa shape index (κ2) is 9.93. The Morgan fingerprint density at radius 1 is 1.07 bits per heavy atom. The number of carbonyl (C=O) groups excluding carboxylic acids is 1. The molecular formula is C21H26N2O4S2. The van der Waals surface area contributed by atoms with E-state index in [1.165, 1.54) is 11.3 Å². The number of thiocarbonyl (C=S) groups is 1. The van der Waals surface area contributed by atoms with E-state index < -0.39 is 0 Å². The van der Waals surface area contributed by atoms with Crippen LogP contribution in [0.15, 0.2) is 18.2 Å². The van der Waals surface area contributed by atoms with Gasteiger partial charge < -0.3 is 24.8 Å². The number of nitrogens with one attached hydrogen (secondary N) is 2. The third-order valence-electron chi connectivity index (χ3n) is 4.74. The minimum atomic E-state index is -0.291. The molecule has 29 heavy (non-hydrogen) atoms. The highest BCUT2D eigenvalue weighted by Crippen LogP contribution is 2.38. The molecule has 0 atom stereocenters. The van der Waals surface area contributed by atoms with Crippen LogP contribution in [0.4, 0.5) is 10.7 Å². The number of benzene rings is 1. The molecule has 1 aromatic carbocycles. The van der Waals surface area contributed by atoms with E-state index in [0.29, 0.717) is 28.8 Å². The Bertz CT molecular complexity index is 873. The van der Waals surface area contributed by atoms with E-state index in [9.17, 15) is 4.79 Å². The van der Waals surface area contributed by atoms with Crippen molar-refractivity contribution in [1.29, 1.82) is 0 Å². The maximum absolute atomic E-state index is 12.7. The van der Waals surface area contributed by atoms with Gasteiger partial charge in [-0.2, -0.15) is 0 Å². The van der Waals surface area contributed by atoms with Crippen molar-refractivity contribution < 1.29 is 19.0 Å². The van der Waals surface area contributed by atoms with Gasteiger partial charge in [0, 0.05) is 28.8 Å². The lowest BCUT2D eigenvalue weighted by Crippen LogP contribution is -2.20. The van der Waals surface area contributed by atoms with Crippen molar-refractivity contribution in [2.45, 2.75) is 39.0 Å². The molecule has 0 fully saturated rings. The summed E-state index contributed by atoms with van der Waals surface area (Å²) in [5, 5.41) is 7.48. The Balaban J connectivity index is 1.84. The van der Waals surface area contributed by atoms with Gasteiger partial charge in [-0.25, -0.2) is 4.79 Å². The van der Waals surface area contributed by atoms with Crippen molar-refractivity contribution in [3.63, 3.8) is 0 Å². The molecule has 0 bridgehead atoms. The molecule has 0 unspecified atom stereocenters. The van der Waals surface area contributed by atoms with E-state index in [-0.39, 0.29) is 5.97 Å². The van der Waals surface area contributed by atoms with Gasteiger partial charge in [0.15, 0.2) is 5.11 Å². The normalized spacial score (nSPS) is 13.1. The third kappa shape index (κ3) is 5.19. The molecule has 8 heteroatoms. The van der Waals surface area contributed by atoms with E-state index in [1.807, 2.05) is 19.1 Å². The zero-order valence-corrected chi connectivity index (χ0v) is 18.6. The predicted octanol–water partition coefficient (Wildman–Crippen LogP) is 5.02. The first-order valence-corrected chi connectivity index (χ1v) is 10.9. The fourth-order valence-electron chi connectivity index (χ4n) is 3.39. The first-order chi connectivity index (χ1) is 14.0. The predicted molar refractivity (Wildman–Crippen MR) is 121 cm³/mol. The molecule has 0 radical (unpaired) electrons. The van der Waals surface area contributed by atoms with Crippen molar-refractivity contribution in [2.75, 3.05) is 31.5 Å². The van der Waals surface area contributed by atoms with Crippen LogP contribution in [-0.4, -0.2) is 31.9 Å². The Hall–Kier alpha value is -2.32. The first-order valence-electron chi connectivity index (χ1n) is 9.68. The average molecular weight is 435 g/mol. The van der Waals surface area contributed by atoms with Gasteiger partial charge in [0.1, 0.15) is 16.5 Å². The van der Waals surface area contributed by atoms with Crippen molar-refractivity contribution in [3.8, 4) is 11.5 Å². The van der Waals surface area contributed by atoms with E-state index >= 15 is 0 Å². The van der Waals surface area contributed by atoms with Gasteiger partial charge in [-0.1, -0.05) is 6.42 Å². The van der Waals surface area contributed by atoms with Gasteiger partial charge in [-0.05, 0) is 50.4 Å². The Morgan fingerprint density at radius 3 is 2.41 bits per heavy atom. The molecule has 3 rings (SSSR count). The van der Waals surface area contributed by atoms with Crippen LogP contribution < -0.4 is 20.1 Å². The maximum atomic E-state index is 12.7. The highest BCUT2D eigenvalue weighted by atomic mass is 32.1. The molecule has 0 amide bonds. The minimum absolute atomic E-state index is 0.291. The van der Waals surface area contributed by atoms with E-state index in [0.717, 1.165) is 41.9 Å². The number of thiophene rings is 1. The summed E-state index contributed by atoms with van der Waals surface area (Å²) in [6, 6.07) is 5.44. The van der Waals surface area contributed by atoms with Crippen molar-refractivity contribution in [2.24, 2.45) is 0 Å². The lowest BCUT2D eigenvalue weighted by Gasteiger charge is -2.13. The van der Waals surface area contributed by atoms with E-state index in [4.69, 9.17) is 26.4 Å². The molecule has 0 spiro atoms. The monoisotopic (exact) mass is 434 g/mol. The molecule has 2 N–H and O–H groups in total. The molecule has 0 saturated heterocycles. The van der Waals surface area contributed by atoms with Crippen LogP contribution in [0.3, 0.4) is 0 Å². The maximum Gasteiger partial charge on any atom is 0.341 e. The first kappa shape index (κ1) is 21.4. The summed E-state index contributed by atoms with van der Waals surface area (Å²) in [7, 11) is 3.19. The molecule has 6 nitrogen and oxygen atoms in total. The number of methoxy groups -OCH3 is 2. The van der Waals surface area contributed by atoms with Gasteiger partial charge in [0.25, 0.3) is 0 Å². The number of aryl methyl sites for hydroxylation is 1. The van der Waals surface area contributed by atoms with Gasteiger partial charge in [0.2, 0.25) is 0 Å². The van der Waals surface area contributed by atoms with Gasteiger partial charge in [-0.3, -0.25) is 0 Å². The van der Waals surface area contributed by atoms with Crippen LogP contribution >= 0.6 is 23.6 Å². The zero-order valence-electron chi connectivity index (χ0n) is 16.9. The fraction of sp³-hybridized carbons (Fsp3) is 0.429. The fourth-order valence-corrected chi connectivity index (χ4v) is 4.96. The third-order valence-corrected chi connectivity index (χ3v) is 6.15. The van der Waals surface area contributed by atoms with Crippen LogP contribution in [0.5, 0.6) is 11.5 Å². The van der Waals surface area contributed by atoms with Gasteiger partial charge in [0.05, 0.1) is 26.4 Å². The minimum Gasteiger partial charge on any atom is -0.497 e. The SMILES string of the molecule is CCOC(=O)c1c(NC(=S)Nc2cc(OC)cc(OC)c2)sc2c1CCCCC2. The van der Waals surface area contributed by atoms with Crippen LogP contribution in [0.2, 0.25) is 0 Å². The molecule has 1 heterocycles. The number of hydrogen-bond donors (Lipinski definition) is 2. The van der Waals surface area contributed by atoms with Crippen LogP contribution in [0.1, 0.15) is 47.0 Å². The van der Waals surface area contributed by atoms with Crippen LogP contribution in [0.25, 0.3) is 0 Å². The summed E-state index contributed by atoms with van der Waals surface area (Å²) >= 11 is 7.10. The molecule has 0 aliphatic heterocycles. The number of anilines is 2. The standard InChI is InChI=1S/C21H26N2O4S2/c1-4-27-20(24)18-16-8-6-5-7-9-17(16)29-19(18)23-21(28)22-13-10-14(25-2)12-15(11-13)26-3/h10-12H,4-9H2,1-3H3,(H2,22,23,28). The quantitative estimate of drug-likeness (QED) is 0.376. The molecule has 2 aromatic rings. The van der Waals surface area contributed by atoms with E-state index in [2.05, 4.69) is 10.6 Å². The number of carbonyl (C=O) groups is 1. The largest absolute Gasteiger partial charge is 0.497 e. The highest BCUT2D eigenvalue weighted by Gasteiger charge is 2.26. The van der Waals surface area contributed by atoms with E-state index in [1.54, 1.807) is 31.6 Å². The number of hydrogen-bond acceptors (Lipinski definition) is 6. The molecule has 0 saturated carbocycles. The summed E-state index contributed by atoms with van der Waals surface area (Å²) in [6.07, 6.45) is 5.30. The highest BCUT2D eigenvalue weighted by molar-refractivity contribution is 7.80. The lowest BCUT2D eigenvalue weighted by molar-refractivity contribution is 0.0527. The number of esters is 1. The zero-order chi connectivity index (χ0) is 20.8. The summed E-state index contributed by atoms with van der Waals surface area (Å²) < 4.78 is 15.9. The molecule has 1 aromatic heterocycles. The van der Waals surface area contributed by atoms with Crippen LogP contribution in [-0.2, 0) is 17.6 Å². The lowest BCUT2D eigenvalue weighted by atomic mass is 10.1. The Kier molecular flexibility index (Phi) is 7.33. The second-order valence-corrected chi connectivity index (χ2v) is 8.18. The summed E-state index contributed by atoms with van der Waals surface area (Å²) in [6.45, 7) is 2.16. The molecule has 1 aliphatic rings. The smallest absolute Gasteiger partial charge is 0.341 e. The summed E-state index contributed by atoms with van der Waals surface area (Å²) in [5.74, 6) is 1.02. The Morgan fingerprint density at radius 2 is 1.76 bits per heavy atom. The summed E-state index contributed by atoms with van der Waals surface area (Å²) in [5.41, 5.74) is 2.47. The number of fused-ring (bicyclic) bond motifs is 1. The number of rotatable bonds is 6. The van der Waals surface area contributed by atoms with Crippen molar-refractivity contribution in [3.05, 3.63) is 34.2 Å². The second-order valence-electron chi connectivity index (χ2n) is 6.67. The van der Waals surface area contributed by atoms with Gasteiger partial charge in [-0.15, -0.1) is 11.3 Å². The van der Waals surface area contributed by atoms with Crippen LogP contribution in [0, 0.1) is 0 Å². The molecule has 1 aliphatic carbocycles. The summed E-state index contributed by atoms with van der Waals surface area (Å²) in [4.78, 5) is 13.9.